The fraction of sp³-hybridized carbons (Fsp3) is 0.364. The van der Waals surface area contributed by atoms with E-state index < -0.39 is 24.3 Å². The number of benzene rings is 4. The minimum atomic E-state index is -0.812. The monoisotopic (exact) mass is 717 g/mol. The molecule has 9 nitrogen and oxygen atoms in total. The van der Waals surface area contributed by atoms with Gasteiger partial charge in [0.25, 0.3) is 0 Å². The van der Waals surface area contributed by atoms with Crippen LogP contribution in [0.25, 0.3) is 11.1 Å². The van der Waals surface area contributed by atoms with Crippen molar-refractivity contribution in [1.82, 2.24) is 15.5 Å². The average Bonchev–Trinajstić information content (AvgIpc) is 3.75. The largest absolute Gasteiger partial charge is 0.467 e. The van der Waals surface area contributed by atoms with Crippen molar-refractivity contribution >= 4 is 12.0 Å². The number of esters is 1. The molecular weight excluding hydrogens is 666 g/mol. The lowest BCUT2D eigenvalue weighted by molar-refractivity contribution is -0.253. The van der Waals surface area contributed by atoms with Crippen molar-refractivity contribution in [2.75, 3.05) is 20.2 Å². The molecule has 0 bridgehead atoms. The van der Waals surface area contributed by atoms with Crippen molar-refractivity contribution in [2.24, 2.45) is 0 Å². The second-order valence-electron chi connectivity index (χ2n) is 13.9. The van der Waals surface area contributed by atoms with Crippen LogP contribution in [0.5, 0.6) is 0 Å². The Morgan fingerprint density at radius 1 is 0.887 bits per heavy atom. The SMILES string of the molecule is C=CCN(CC1CC(c2ccc(CO)cc2)OC(c2cccc(-c3cccc(CNC(=O)NC(Cc4ccccc4)C(=O)OC)c3)c2)O1)C1CCCC1. The zero-order valence-corrected chi connectivity index (χ0v) is 30.5. The Morgan fingerprint density at radius 3 is 2.32 bits per heavy atom. The van der Waals surface area contributed by atoms with Gasteiger partial charge < -0.3 is 30.0 Å². The molecule has 1 aliphatic carbocycles. The summed E-state index contributed by atoms with van der Waals surface area (Å²) in [4.78, 5) is 27.9. The molecular formula is C44H51N3O6. The maximum atomic E-state index is 12.9. The molecule has 0 radical (unpaired) electrons. The molecule has 4 unspecified atom stereocenters. The van der Waals surface area contributed by atoms with Gasteiger partial charge in [-0.25, -0.2) is 9.59 Å². The average molecular weight is 718 g/mol. The van der Waals surface area contributed by atoms with E-state index in [0.717, 1.165) is 58.5 Å². The number of aliphatic hydroxyl groups is 1. The highest BCUT2D eigenvalue weighted by Crippen LogP contribution is 2.39. The Balaban J connectivity index is 1.15. The van der Waals surface area contributed by atoms with E-state index in [4.69, 9.17) is 14.2 Å². The number of nitrogens with one attached hydrogen (secondary N) is 2. The maximum absolute atomic E-state index is 12.9. The normalized spacial score (nSPS) is 19.4. The van der Waals surface area contributed by atoms with Crippen molar-refractivity contribution in [3.63, 3.8) is 0 Å². The van der Waals surface area contributed by atoms with Crippen LogP contribution in [-0.4, -0.2) is 60.4 Å². The van der Waals surface area contributed by atoms with Gasteiger partial charge in [0, 0.05) is 44.1 Å². The lowest BCUT2D eigenvalue weighted by Crippen LogP contribution is -2.47. The molecule has 3 N–H and O–H groups in total. The summed E-state index contributed by atoms with van der Waals surface area (Å²) < 4.78 is 18.4. The molecule has 6 rings (SSSR count). The summed E-state index contributed by atoms with van der Waals surface area (Å²) in [5, 5.41) is 15.3. The summed E-state index contributed by atoms with van der Waals surface area (Å²) >= 11 is 0. The van der Waals surface area contributed by atoms with Crippen molar-refractivity contribution in [3.05, 3.63) is 144 Å². The Morgan fingerprint density at radius 2 is 1.60 bits per heavy atom. The molecule has 278 valence electrons. The number of ether oxygens (including phenoxy) is 3. The number of nitrogens with zero attached hydrogens (tertiary/aromatic N) is 1. The molecule has 0 spiro atoms. The van der Waals surface area contributed by atoms with E-state index in [2.05, 4.69) is 34.2 Å². The zero-order valence-electron chi connectivity index (χ0n) is 30.5. The zero-order chi connectivity index (χ0) is 37.0. The summed E-state index contributed by atoms with van der Waals surface area (Å²) in [6.07, 6.45) is 7.18. The van der Waals surface area contributed by atoms with Crippen molar-refractivity contribution in [1.29, 1.82) is 0 Å². The van der Waals surface area contributed by atoms with Crippen LogP contribution in [0.3, 0.4) is 0 Å². The molecule has 4 aromatic rings. The van der Waals surface area contributed by atoms with Crippen molar-refractivity contribution in [3.8, 4) is 11.1 Å². The number of aliphatic hydroxyl groups excluding tert-OH is 1. The molecule has 4 aromatic carbocycles. The van der Waals surface area contributed by atoms with Gasteiger partial charge in [0.2, 0.25) is 0 Å². The van der Waals surface area contributed by atoms with Crippen LogP contribution in [0.4, 0.5) is 4.79 Å². The van der Waals surface area contributed by atoms with Crippen LogP contribution in [-0.2, 0) is 38.6 Å². The molecule has 9 heteroatoms. The van der Waals surface area contributed by atoms with E-state index in [1.807, 2.05) is 97.1 Å². The van der Waals surface area contributed by atoms with E-state index in [1.165, 1.54) is 32.8 Å². The molecule has 1 aliphatic heterocycles. The van der Waals surface area contributed by atoms with Gasteiger partial charge >= 0.3 is 12.0 Å². The molecule has 2 aliphatic rings. The van der Waals surface area contributed by atoms with Crippen LogP contribution >= 0.6 is 0 Å². The molecule has 53 heavy (non-hydrogen) atoms. The second-order valence-corrected chi connectivity index (χ2v) is 13.9. The lowest BCUT2D eigenvalue weighted by Gasteiger charge is -2.39. The van der Waals surface area contributed by atoms with E-state index in [9.17, 15) is 14.7 Å². The van der Waals surface area contributed by atoms with E-state index in [-0.39, 0.29) is 25.4 Å². The van der Waals surface area contributed by atoms with Crippen LogP contribution in [0.1, 0.15) is 72.3 Å². The first-order valence-electron chi connectivity index (χ1n) is 18.6. The van der Waals surface area contributed by atoms with Crippen molar-refractivity contribution in [2.45, 2.75) is 82.3 Å². The Labute approximate surface area is 313 Å². The van der Waals surface area contributed by atoms with Gasteiger partial charge in [-0.2, -0.15) is 0 Å². The van der Waals surface area contributed by atoms with Crippen LogP contribution in [0.2, 0.25) is 0 Å². The first-order chi connectivity index (χ1) is 25.9. The first kappa shape index (κ1) is 37.9. The van der Waals surface area contributed by atoms with Gasteiger partial charge in [-0.3, -0.25) is 4.90 Å². The molecule has 1 saturated heterocycles. The summed E-state index contributed by atoms with van der Waals surface area (Å²) in [6.45, 7) is 5.94. The highest BCUT2D eigenvalue weighted by molar-refractivity contribution is 5.83. The number of carbonyl (C=O) groups excluding carboxylic acids is 2. The topological polar surface area (TPSA) is 109 Å². The predicted octanol–water partition coefficient (Wildman–Crippen LogP) is 7.41. The van der Waals surface area contributed by atoms with Crippen molar-refractivity contribution < 1.29 is 28.9 Å². The predicted molar refractivity (Wildman–Crippen MR) is 206 cm³/mol. The van der Waals surface area contributed by atoms with Gasteiger partial charge in [-0.15, -0.1) is 6.58 Å². The second kappa shape index (κ2) is 18.8. The van der Waals surface area contributed by atoms with E-state index >= 15 is 0 Å². The van der Waals surface area contributed by atoms with Crippen LogP contribution in [0, 0.1) is 0 Å². The number of hydrogen-bond acceptors (Lipinski definition) is 7. The third-order valence-electron chi connectivity index (χ3n) is 10.2. The van der Waals surface area contributed by atoms with Gasteiger partial charge in [0.15, 0.2) is 6.29 Å². The number of amides is 2. The molecule has 2 amide bonds. The van der Waals surface area contributed by atoms with Gasteiger partial charge in [-0.1, -0.05) is 110 Å². The summed E-state index contributed by atoms with van der Waals surface area (Å²) in [5.74, 6) is -0.503. The maximum Gasteiger partial charge on any atom is 0.328 e. The number of carbonyl (C=O) groups is 2. The van der Waals surface area contributed by atoms with E-state index in [1.54, 1.807) is 0 Å². The molecule has 1 saturated carbocycles. The molecule has 0 aromatic heterocycles. The minimum Gasteiger partial charge on any atom is -0.467 e. The Bertz CT molecular complexity index is 1790. The van der Waals surface area contributed by atoms with Gasteiger partial charge in [-0.05, 0) is 58.4 Å². The standard InChI is InChI=1S/C44H51N3O6/c1-3-23-47(38-17-7-8-18-38)29-39-27-41(34-21-19-32(30-48)20-22-34)53-43(52-39)37-16-10-15-36(26-37)35-14-9-13-33(24-35)28-45-44(50)46-40(42(49)51-2)25-31-11-5-4-6-12-31/h3-6,9-16,19-22,24,26,38-41,43,48H,1,7-8,17-18,23,25,27-30H2,2H3,(H2,45,46,50). The smallest absolute Gasteiger partial charge is 0.328 e. The number of hydrogen-bond donors (Lipinski definition) is 3. The Kier molecular flexibility index (Phi) is 13.5. The summed E-state index contributed by atoms with van der Waals surface area (Å²) in [6, 6.07) is 33.0. The van der Waals surface area contributed by atoms with Crippen LogP contribution in [0.15, 0.2) is 116 Å². The molecule has 1 heterocycles. The first-order valence-corrected chi connectivity index (χ1v) is 18.6. The highest BCUT2D eigenvalue weighted by atomic mass is 16.7. The minimum absolute atomic E-state index is 0.0000643. The summed E-state index contributed by atoms with van der Waals surface area (Å²) in [5.41, 5.74) is 6.68. The quantitative estimate of drug-likeness (QED) is 0.0869. The number of urea groups is 1. The molecule has 2 fully saturated rings. The Hall–Kier alpha value is -4.80. The lowest BCUT2D eigenvalue weighted by atomic mass is 9.98. The number of rotatable bonds is 15. The third-order valence-corrected chi connectivity index (χ3v) is 10.2. The number of methoxy groups -OCH3 is 1. The fourth-order valence-corrected chi connectivity index (χ4v) is 7.41. The van der Waals surface area contributed by atoms with Gasteiger partial charge in [0.1, 0.15) is 6.04 Å². The van der Waals surface area contributed by atoms with E-state index in [0.29, 0.717) is 12.5 Å². The summed E-state index contributed by atoms with van der Waals surface area (Å²) in [7, 11) is 1.32. The third kappa shape index (κ3) is 10.4. The van der Waals surface area contributed by atoms with Gasteiger partial charge in [0.05, 0.1) is 25.9 Å². The highest BCUT2D eigenvalue weighted by Gasteiger charge is 2.35. The molecule has 4 atom stereocenters. The fourth-order valence-electron chi connectivity index (χ4n) is 7.41. The van der Waals surface area contributed by atoms with Crippen LogP contribution < -0.4 is 10.6 Å².